The van der Waals surface area contributed by atoms with Gasteiger partial charge in [-0.3, -0.25) is 19.4 Å². The van der Waals surface area contributed by atoms with Gasteiger partial charge < -0.3 is 26.6 Å². The van der Waals surface area contributed by atoms with Crippen LogP contribution in [0.1, 0.15) is 44.6 Å². The first kappa shape index (κ1) is 23.1. The van der Waals surface area contributed by atoms with Gasteiger partial charge >= 0.3 is 0 Å². The number of aromatic nitrogens is 1. The zero-order valence-electron chi connectivity index (χ0n) is 19.1. The molecule has 0 spiro atoms. The van der Waals surface area contributed by atoms with Crippen LogP contribution in [-0.2, 0) is 14.4 Å². The Morgan fingerprint density at radius 2 is 2.09 bits per heavy atom. The molecule has 5 N–H and O–H groups in total. The lowest BCUT2D eigenvalue weighted by molar-refractivity contribution is -0.138. The summed E-state index contributed by atoms with van der Waals surface area (Å²) in [7, 11) is 0. The Morgan fingerprint density at radius 3 is 2.85 bits per heavy atom. The molecule has 0 bridgehead atoms. The lowest BCUT2D eigenvalue weighted by atomic mass is 10.0. The molecule has 0 saturated carbocycles. The summed E-state index contributed by atoms with van der Waals surface area (Å²) in [6.07, 6.45) is 3.54. The van der Waals surface area contributed by atoms with E-state index in [0.29, 0.717) is 37.5 Å². The van der Waals surface area contributed by atoms with Crippen molar-refractivity contribution in [1.82, 2.24) is 20.5 Å². The van der Waals surface area contributed by atoms with Crippen LogP contribution in [0.15, 0.2) is 30.5 Å². The van der Waals surface area contributed by atoms with Crippen molar-refractivity contribution in [3.63, 3.8) is 0 Å². The van der Waals surface area contributed by atoms with Crippen molar-refractivity contribution in [2.24, 2.45) is 5.73 Å². The molecule has 3 atom stereocenters. The second-order valence-corrected chi connectivity index (χ2v) is 9.17. The molecule has 1 aromatic heterocycles. The summed E-state index contributed by atoms with van der Waals surface area (Å²) in [5, 5.41) is 9.91. The number of carbonyl (C=O) groups is 3. The number of fused-ring (bicyclic) bond motifs is 1. The quantitative estimate of drug-likeness (QED) is 0.519. The Kier molecular flexibility index (Phi) is 6.90. The van der Waals surface area contributed by atoms with Crippen molar-refractivity contribution in [1.29, 1.82) is 0 Å². The summed E-state index contributed by atoms with van der Waals surface area (Å²) in [4.78, 5) is 43.9. The third-order valence-electron chi connectivity index (χ3n) is 6.46. The first-order valence-electron chi connectivity index (χ1n) is 11.6. The summed E-state index contributed by atoms with van der Waals surface area (Å²) in [6, 6.07) is 7.02. The predicted molar refractivity (Wildman–Crippen MR) is 127 cm³/mol. The molecule has 2 aliphatic rings. The van der Waals surface area contributed by atoms with Gasteiger partial charge in [-0.2, -0.15) is 0 Å². The molecule has 0 aliphatic carbocycles. The van der Waals surface area contributed by atoms with Gasteiger partial charge in [-0.25, -0.2) is 0 Å². The van der Waals surface area contributed by atoms with E-state index in [-0.39, 0.29) is 30.3 Å². The Morgan fingerprint density at radius 1 is 1.27 bits per heavy atom. The zero-order valence-corrected chi connectivity index (χ0v) is 19.1. The third-order valence-corrected chi connectivity index (χ3v) is 6.46. The number of amides is 3. The predicted octanol–water partition coefficient (Wildman–Crippen LogP) is 1.09. The summed E-state index contributed by atoms with van der Waals surface area (Å²) < 4.78 is 0. The maximum absolute atomic E-state index is 13.1. The first-order valence-corrected chi connectivity index (χ1v) is 11.6. The standard InChI is InChI=1S/C24H32N6O3/c1-14(2)15-5-6-19-16(8-15)9-17(12-26-19)29-23(32)21-4-3-7-30(21)24(33)20-10-18(13-27-20)28-22(31)11-25/h5-6,8-9,12,14,18,20-21,27H,3-4,7,10-11,13,25H2,1-2H3,(H,28,31)(H,29,32)/t18-,20+,21+/m0/s1. The monoisotopic (exact) mass is 452 g/mol. The molecule has 3 heterocycles. The highest BCUT2D eigenvalue weighted by Gasteiger charge is 2.39. The topological polar surface area (TPSA) is 129 Å². The van der Waals surface area contributed by atoms with E-state index in [2.05, 4.69) is 46.9 Å². The van der Waals surface area contributed by atoms with Gasteiger partial charge in [0.1, 0.15) is 6.04 Å². The molecule has 176 valence electrons. The second kappa shape index (κ2) is 9.84. The average Bonchev–Trinajstić information content (AvgIpc) is 3.48. The van der Waals surface area contributed by atoms with E-state index in [1.807, 2.05) is 12.1 Å². The van der Waals surface area contributed by atoms with Crippen LogP contribution in [0.2, 0.25) is 0 Å². The second-order valence-electron chi connectivity index (χ2n) is 9.17. The number of anilines is 1. The van der Waals surface area contributed by atoms with E-state index in [1.54, 1.807) is 11.1 Å². The Balaban J connectivity index is 1.41. The first-order chi connectivity index (χ1) is 15.9. The van der Waals surface area contributed by atoms with E-state index in [1.165, 1.54) is 5.56 Å². The lowest BCUT2D eigenvalue weighted by Crippen LogP contribution is -2.49. The highest BCUT2D eigenvalue weighted by atomic mass is 16.2. The molecule has 9 nitrogen and oxygen atoms in total. The molecule has 2 aliphatic heterocycles. The number of carbonyl (C=O) groups excluding carboxylic acids is 3. The fourth-order valence-electron chi connectivity index (χ4n) is 4.63. The molecular formula is C24H32N6O3. The van der Waals surface area contributed by atoms with E-state index < -0.39 is 12.1 Å². The number of pyridine rings is 1. The van der Waals surface area contributed by atoms with Crippen LogP contribution in [-0.4, -0.2) is 65.4 Å². The fourth-order valence-corrected chi connectivity index (χ4v) is 4.63. The van der Waals surface area contributed by atoms with Crippen molar-refractivity contribution in [2.75, 3.05) is 25.0 Å². The van der Waals surface area contributed by atoms with Gasteiger partial charge in [0.2, 0.25) is 17.7 Å². The Hall–Kier alpha value is -3.04. The van der Waals surface area contributed by atoms with E-state index in [4.69, 9.17) is 5.73 Å². The summed E-state index contributed by atoms with van der Waals surface area (Å²) in [5.41, 5.74) is 8.06. The minimum absolute atomic E-state index is 0.0775. The van der Waals surface area contributed by atoms with E-state index in [9.17, 15) is 14.4 Å². The number of hydrogen-bond acceptors (Lipinski definition) is 6. The van der Waals surface area contributed by atoms with Crippen molar-refractivity contribution >= 4 is 34.3 Å². The summed E-state index contributed by atoms with van der Waals surface area (Å²) in [5.74, 6) is -0.140. The van der Waals surface area contributed by atoms with Crippen molar-refractivity contribution in [2.45, 2.75) is 57.2 Å². The highest BCUT2D eigenvalue weighted by molar-refractivity contribution is 5.99. The minimum atomic E-state index is -0.519. The molecule has 9 heteroatoms. The third kappa shape index (κ3) is 5.15. The molecule has 2 saturated heterocycles. The minimum Gasteiger partial charge on any atom is -0.351 e. The van der Waals surface area contributed by atoms with Gasteiger partial charge in [-0.05, 0) is 48.9 Å². The van der Waals surface area contributed by atoms with Gasteiger partial charge in [0, 0.05) is 24.5 Å². The van der Waals surface area contributed by atoms with Crippen LogP contribution in [0.5, 0.6) is 0 Å². The zero-order chi connectivity index (χ0) is 23.5. The van der Waals surface area contributed by atoms with Crippen molar-refractivity contribution in [3.8, 4) is 0 Å². The summed E-state index contributed by atoms with van der Waals surface area (Å²) >= 11 is 0. The number of hydrogen-bond donors (Lipinski definition) is 4. The molecule has 0 unspecified atom stereocenters. The maximum Gasteiger partial charge on any atom is 0.247 e. The van der Waals surface area contributed by atoms with Gasteiger partial charge in [0.15, 0.2) is 0 Å². The molecule has 0 radical (unpaired) electrons. The Bertz CT molecular complexity index is 1060. The van der Waals surface area contributed by atoms with Gasteiger partial charge in [0.25, 0.3) is 0 Å². The van der Waals surface area contributed by atoms with Gasteiger partial charge in [-0.15, -0.1) is 0 Å². The number of rotatable bonds is 6. The molecule has 4 rings (SSSR count). The number of benzene rings is 1. The number of nitrogens with zero attached hydrogens (tertiary/aromatic N) is 2. The smallest absolute Gasteiger partial charge is 0.247 e. The average molecular weight is 453 g/mol. The SMILES string of the molecule is CC(C)c1ccc2ncc(NC(=O)[C@H]3CCCN3C(=O)[C@H]3C[C@H](NC(=O)CN)CN3)cc2c1. The van der Waals surface area contributed by atoms with E-state index >= 15 is 0 Å². The molecule has 2 fully saturated rings. The normalized spacial score (nSPS) is 22.7. The Labute approximate surface area is 193 Å². The summed E-state index contributed by atoms with van der Waals surface area (Å²) in [6.45, 7) is 5.25. The molecule has 3 amide bonds. The molecule has 2 aromatic rings. The van der Waals surface area contributed by atoms with Gasteiger partial charge in [0.05, 0.1) is 30.0 Å². The van der Waals surface area contributed by atoms with Crippen LogP contribution in [0.3, 0.4) is 0 Å². The van der Waals surface area contributed by atoms with Crippen LogP contribution in [0, 0.1) is 0 Å². The van der Waals surface area contributed by atoms with Crippen LogP contribution in [0.25, 0.3) is 10.9 Å². The van der Waals surface area contributed by atoms with Crippen LogP contribution in [0.4, 0.5) is 5.69 Å². The van der Waals surface area contributed by atoms with Crippen molar-refractivity contribution in [3.05, 3.63) is 36.0 Å². The largest absolute Gasteiger partial charge is 0.351 e. The van der Waals surface area contributed by atoms with Crippen molar-refractivity contribution < 1.29 is 14.4 Å². The number of nitrogens with two attached hydrogens (primary N) is 1. The van der Waals surface area contributed by atoms with E-state index in [0.717, 1.165) is 17.3 Å². The fraction of sp³-hybridized carbons (Fsp3) is 0.500. The molecular weight excluding hydrogens is 420 g/mol. The molecule has 33 heavy (non-hydrogen) atoms. The van der Waals surface area contributed by atoms with Crippen LogP contribution < -0.4 is 21.7 Å². The van der Waals surface area contributed by atoms with Crippen LogP contribution >= 0.6 is 0 Å². The maximum atomic E-state index is 13.1. The highest BCUT2D eigenvalue weighted by Crippen LogP contribution is 2.25. The lowest BCUT2D eigenvalue weighted by Gasteiger charge is -2.26. The number of likely N-dealkylation sites (tertiary alicyclic amines) is 1. The molecule has 1 aromatic carbocycles. The number of nitrogens with one attached hydrogen (secondary N) is 3. The van der Waals surface area contributed by atoms with Gasteiger partial charge in [-0.1, -0.05) is 19.9 Å².